The van der Waals surface area contributed by atoms with Crippen LogP contribution < -0.4 is 4.90 Å². The molecule has 1 aliphatic carbocycles. The minimum Gasteiger partial charge on any atom is -0.315 e. The standard InChI is InChI=1S/C19H23N3O/c1-21(18-6-2-5-17-16(18)4-3-11-20-17)19(23)14-9-12-22(13-10-14)15-7-8-15/h2-6,11,14-15H,7-10,12-13H2,1H3. The van der Waals surface area contributed by atoms with Gasteiger partial charge in [-0.05, 0) is 63.0 Å². The predicted octanol–water partition coefficient (Wildman–Crippen LogP) is 3.07. The zero-order valence-electron chi connectivity index (χ0n) is 13.6. The number of hydrogen-bond acceptors (Lipinski definition) is 3. The third kappa shape index (κ3) is 2.83. The number of aromatic nitrogens is 1. The number of carbonyl (C=O) groups is 1. The first-order valence-electron chi connectivity index (χ1n) is 8.59. The Bertz CT molecular complexity index is 712. The normalized spacial score (nSPS) is 19.9. The molecule has 0 atom stereocenters. The lowest BCUT2D eigenvalue weighted by Gasteiger charge is -2.33. The first-order chi connectivity index (χ1) is 11.2. The van der Waals surface area contributed by atoms with Crippen LogP contribution in [0.2, 0.25) is 0 Å². The van der Waals surface area contributed by atoms with E-state index in [2.05, 4.69) is 9.88 Å². The highest BCUT2D eigenvalue weighted by molar-refractivity contribution is 6.03. The molecule has 0 unspecified atom stereocenters. The third-order valence-corrected chi connectivity index (χ3v) is 5.26. The van der Waals surface area contributed by atoms with E-state index < -0.39 is 0 Å². The number of likely N-dealkylation sites (tertiary alicyclic amines) is 1. The summed E-state index contributed by atoms with van der Waals surface area (Å²) in [4.78, 5) is 21.7. The maximum absolute atomic E-state index is 12.9. The monoisotopic (exact) mass is 309 g/mol. The molecule has 2 heterocycles. The zero-order valence-corrected chi connectivity index (χ0v) is 13.6. The summed E-state index contributed by atoms with van der Waals surface area (Å²) in [5.74, 6) is 0.402. The fourth-order valence-corrected chi connectivity index (χ4v) is 3.72. The van der Waals surface area contributed by atoms with E-state index in [0.717, 1.165) is 48.6 Å². The molecule has 120 valence electrons. The molecule has 1 aliphatic heterocycles. The number of benzene rings is 1. The summed E-state index contributed by atoms with van der Waals surface area (Å²) in [7, 11) is 1.90. The molecular weight excluding hydrogens is 286 g/mol. The molecule has 1 amide bonds. The van der Waals surface area contributed by atoms with Crippen LogP contribution in [0.3, 0.4) is 0 Å². The summed E-state index contributed by atoms with van der Waals surface area (Å²) in [5.41, 5.74) is 1.90. The van der Waals surface area contributed by atoms with Crippen LogP contribution in [0.25, 0.3) is 10.9 Å². The number of pyridine rings is 1. The van der Waals surface area contributed by atoms with Gasteiger partial charge in [-0.3, -0.25) is 9.78 Å². The molecule has 23 heavy (non-hydrogen) atoms. The average Bonchev–Trinajstić information content (AvgIpc) is 3.45. The summed E-state index contributed by atoms with van der Waals surface area (Å²) in [5, 5.41) is 1.04. The van der Waals surface area contributed by atoms with Crippen LogP contribution >= 0.6 is 0 Å². The first kappa shape index (κ1) is 14.6. The van der Waals surface area contributed by atoms with Crippen molar-refractivity contribution >= 4 is 22.5 Å². The van der Waals surface area contributed by atoms with E-state index >= 15 is 0 Å². The van der Waals surface area contributed by atoms with Gasteiger partial charge in [0.15, 0.2) is 0 Å². The Hall–Kier alpha value is -1.94. The van der Waals surface area contributed by atoms with Crippen molar-refractivity contribution in [3.05, 3.63) is 36.5 Å². The molecule has 4 nitrogen and oxygen atoms in total. The van der Waals surface area contributed by atoms with Gasteiger partial charge in [0.1, 0.15) is 0 Å². The Labute approximate surface area is 137 Å². The molecular formula is C19H23N3O. The quantitative estimate of drug-likeness (QED) is 0.874. The second-order valence-electron chi connectivity index (χ2n) is 6.79. The van der Waals surface area contributed by atoms with Gasteiger partial charge in [-0.1, -0.05) is 6.07 Å². The van der Waals surface area contributed by atoms with Crippen LogP contribution in [0, 0.1) is 5.92 Å². The Balaban J connectivity index is 1.51. The molecule has 4 rings (SSSR count). The van der Waals surface area contributed by atoms with Gasteiger partial charge in [0, 0.05) is 30.6 Å². The fourth-order valence-electron chi connectivity index (χ4n) is 3.72. The number of rotatable bonds is 3. The van der Waals surface area contributed by atoms with Crippen LogP contribution in [0.5, 0.6) is 0 Å². The van der Waals surface area contributed by atoms with Gasteiger partial charge in [-0.2, -0.15) is 0 Å². The second kappa shape index (κ2) is 5.93. The molecule has 0 radical (unpaired) electrons. The lowest BCUT2D eigenvalue weighted by Crippen LogP contribution is -2.42. The molecule has 0 bridgehead atoms. The summed E-state index contributed by atoms with van der Waals surface area (Å²) in [6.45, 7) is 2.15. The Morgan fingerprint density at radius 2 is 1.91 bits per heavy atom. The van der Waals surface area contributed by atoms with Crippen LogP contribution in [0.1, 0.15) is 25.7 Å². The van der Waals surface area contributed by atoms with E-state index in [1.165, 1.54) is 12.8 Å². The first-order valence-corrected chi connectivity index (χ1v) is 8.59. The number of amides is 1. The van der Waals surface area contributed by atoms with Crippen molar-refractivity contribution in [2.24, 2.45) is 5.92 Å². The lowest BCUT2D eigenvalue weighted by atomic mass is 9.95. The topological polar surface area (TPSA) is 36.4 Å². The number of nitrogens with zero attached hydrogens (tertiary/aromatic N) is 3. The lowest BCUT2D eigenvalue weighted by molar-refractivity contribution is -0.123. The maximum Gasteiger partial charge on any atom is 0.229 e. The zero-order chi connectivity index (χ0) is 15.8. The van der Waals surface area contributed by atoms with E-state index in [4.69, 9.17) is 0 Å². The molecule has 2 aliphatic rings. The van der Waals surface area contributed by atoms with Crippen LogP contribution in [-0.2, 0) is 4.79 Å². The number of hydrogen-bond donors (Lipinski definition) is 0. The molecule has 2 aromatic rings. The number of piperidine rings is 1. The van der Waals surface area contributed by atoms with Gasteiger partial charge < -0.3 is 9.80 Å². The fraction of sp³-hybridized carbons (Fsp3) is 0.474. The average molecular weight is 309 g/mol. The van der Waals surface area contributed by atoms with Gasteiger partial charge >= 0.3 is 0 Å². The van der Waals surface area contributed by atoms with Gasteiger partial charge in [-0.25, -0.2) is 0 Å². The summed E-state index contributed by atoms with van der Waals surface area (Å²) in [6.07, 6.45) is 6.47. The molecule has 1 saturated heterocycles. The van der Waals surface area contributed by atoms with E-state index in [1.807, 2.05) is 42.3 Å². The van der Waals surface area contributed by atoms with Crippen molar-refractivity contribution in [3.63, 3.8) is 0 Å². The van der Waals surface area contributed by atoms with Crippen molar-refractivity contribution in [1.29, 1.82) is 0 Å². The minimum absolute atomic E-state index is 0.155. The minimum atomic E-state index is 0.155. The van der Waals surface area contributed by atoms with Crippen molar-refractivity contribution in [2.75, 3.05) is 25.0 Å². The van der Waals surface area contributed by atoms with Crippen LogP contribution in [0.15, 0.2) is 36.5 Å². The van der Waals surface area contributed by atoms with E-state index in [9.17, 15) is 4.79 Å². The largest absolute Gasteiger partial charge is 0.315 e. The third-order valence-electron chi connectivity index (χ3n) is 5.26. The van der Waals surface area contributed by atoms with Crippen molar-refractivity contribution < 1.29 is 4.79 Å². The van der Waals surface area contributed by atoms with Gasteiger partial charge in [-0.15, -0.1) is 0 Å². The van der Waals surface area contributed by atoms with Gasteiger partial charge in [0.05, 0.1) is 11.2 Å². The van der Waals surface area contributed by atoms with Crippen LogP contribution in [-0.4, -0.2) is 42.0 Å². The summed E-state index contributed by atoms with van der Waals surface area (Å²) >= 11 is 0. The number of fused-ring (bicyclic) bond motifs is 1. The predicted molar refractivity (Wildman–Crippen MR) is 92.5 cm³/mol. The Kier molecular flexibility index (Phi) is 3.77. The summed E-state index contributed by atoms with van der Waals surface area (Å²) in [6, 6.07) is 10.8. The Morgan fingerprint density at radius 1 is 1.13 bits per heavy atom. The molecule has 0 spiro atoms. The van der Waals surface area contributed by atoms with E-state index in [1.54, 1.807) is 6.20 Å². The highest BCUT2D eigenvalue weighted by atomic mass is 16.2. The molecule has 1 saturated carbocycles. The Morgan fingerprint density at radius 3 is 2.65 bits per heavy atom. The molecule has 0 N–H and O–H groups in total. The SMILES string of the molecule is CN(C(=O)C1CCN(C2CC2)CC1)c1cccc2ncccc12. The number of anilines is 1. The highest BCUT2D eigenvalue weighted by Gasteiger charge is 2.34. The van der Waals surface area contributed by atoms with E-state index in [0.29, 0.717) is 0 Å². The van der Waals surface area contributed by atoms with Crippen molar-refractivity contribution in [3.8, 4) is 0 Å². The summed E-state index contributed by atoms with van der Waals surface area (Å²) < 4.78 is 0. The van der Waals surface area contributed by atoms with E-state index in [-0.39, 0.29) is 11.8 Å². The van der Waals surface area contributed by atoms with Gasteiger partial charge in [0.25, 0.3) is 0 Å². The van der Waals surface area contributed by atoms with Crippen LogP contribution in [0.4, 0.5) is 5.69 Å². The molecule has 2 fully saturated rings. The van der Waals surface area contributed by atoms with Gasteiger partial charge in [0.2, 0.25) is 5.91 Å². The van der Waals surface area contributed by atoms with Crippen molar-refractivity contribution in [2.45, 2.75) is 31.7 Å². The smallest absolute Gasteiger partial charge is 0.229 e. The van der Waals surface area contributed by atoms with Crippen molar-refractivity contribution in [1.82, 2.24) is 9.88 Å². The maximum atomic E-state index is 12.9. The highest BCUT2D eigenvalue weighted by Crippen LogP contribution is 2.32. The molecule has 4 heteroatoms. The molecule has 1 aromatic heterocycles. The second-order valence-corrected chi connectivity index (χ2v) is 6.79. The number of carbonyl (C=O) groups excluding carboxylic acids is 1. The molecule has 1 aromatic carbocycles.